The lowest BCUT2D eigenvalue weighted by Crippen LogP contribution is -2.47. The largest absolute Gasteiger partial charge is 0.368 e. The monoisotopic (exact) mass is 438 g/mol. The van der Waals surface area contributed by atoms with E-state index in [4.69, 9.17) is 9.97 Å². The predicted octanol–water partition coefficient (Wildman–Crippen LogP) is 5.62. The fraction of sp³-hybridized carbons (Fsp3) is 0.520. The molecule has 4 nitrogen and oxygen atoms in total. The van der Waals surface area contributed by atoms with Gasteiger partial charge in [0.2, 0.25) is 0 Å². The van der Waals surface area contributed by atoms with Gasteiger partial charge in [-0.15, -0.1) is 11.3 Å². The Kier molecular flexibility index (Phi) is 5.83. The molecule has 3 heterocycles. The van der Waals surface area contributed by atoms with Gasteiger partial charge in [0.1, 0.15) is 22.3 Å². The number of thiophene rings is 1. The van der Waals surface area contributed by atoms with Gasteiger partial charge in [0, 0.05) is 43.2 Å². The molecule has 2 aliphatic rings. The maximum atomic E-state index is 13.3. The third-order valence-electron chi connectivity index (χ3n) is 6.71. The molecule has 0 bridgehead atoms. The Hall–Kier alpha value is -2.21. The number of anilines is 2. The third kappa shape index (κ3) is 4.14. The maximum Gasteiger partial charge on any atom is 0.141 e. The van der Waals surface area contributed by atoms with Crippen LogP contribution in [-0.4, -0.2) is 36.1 Å². The number of aromatic nitrogens is 2. The van der Waals surface area contributed by atoms with E-state index in [-0.39, 0.29) is 5.82 Å². The molecule has 2 aromatic heterocycles. The summed E-state index contributed by atoms with van der Waals surface area (Å²) in [5.41, 5.74) is 2.61. The van der Waals surface area contributed by atoms with E-state index in [1.54, 1.807) is 12.1 Å². The van der Waals surface area contributed by atoms with Crippen molar-refractivity contribution < 1.29 is 4.39 Å². The zero-order valence-electron chi connectivity index (χ0n) is 18.5. The number of piperazine rings is 1. The molecule has 5 rings (SSSR count). The highest BCUT2D eigenvalue weighted by Gasteiger charge is 2.27. The topological polar surface area (TPSA) is 32.3 Å². The fourth-order valence-electron chi connectivity index (χ4n) is 4.87. The molecule has 6 heteroatoms. The summed E-state index contributed by atoms with van der Waals surface area (Å²) in [5, 5.41) is 1.32. The van der Waals surface area contributed by atoms with Crippen molar-refractivity contribution in [1.29, 1.82) is 0 Å². The van der Waals surface area contributed by atoms with E-state index in [1.807, 2.05) is 23.5 Å². The third-order valence-corrected chi connectivity index (χ3v) is 7.86. The molecule has 0 saturated carbocycles. The SMILES string of the molecule is CCCCc1nc(N2CCN(c3ccc(F)cc3)CC2)c2c3c(sc2n1)CC(C)CC3. The van der Waals surface area contributed by atoms with Crippen LogP contribution < -0.4 is 9.80 Å². The number of hydrogen-bond acceptors (Lipinski definition) is 5. The van der Waals surface area contributed by atoms with E-state index in [0.29, 0.717) is 0 Å². The first-order chi connectivity index (χ1) is 15.1. The normalized spacial score (nSPS) is 19.1. The summed E-state index contributed by atoms with van der Waals surface area (Å²) in [5.74, 6) is 2.73. The van der Waals surface area contributed by atoms with Gasteiger partial charge in [0.15, 0.2) is 0 Å². The second-order valence-corrected chi connectivity index (χ2v) is 10.1. The molecule has 164 valence electrons. The van der Waals surface area contributed by atoms with Crippen LogP contribution in [0.15, 0.2) is 24.3 Å². The van der Waals surface area contributed by atoms with E-state index in [9.17, 15) is 4.39 Å². The molecule has 0 amide bonds. The first kappa shape index (κ1) is 20.7. The number of unbranched alkanes of at least 4 members (excludes halogenated alkanes) is 1. The second kappa shape index (κ2) is 8.73. The molecule has 1 fully saturated rings. The van der Waals surface area contributed by atoms with Crippen LogP contribution in [0.2, 0.25) is 0 Å². The number of fused-ring (bicyclic) bond motifs is 3. The van der Waals surface area contributed by atoms with Crippen LogP contribution in [0.1, 0.15) is 49.4 Å². The number of aryl methyl sites for hydroxylation is 2. The molecule has 3 aromatic rings. The van der Waals surface area contributed by atoms with E-state index >= 15 is 0 Å². The van der Waals surface area contributed by atoms with E-state index in [2.05, 4.69) is 23.6 Å². The summed E-state index contributed by atoms with van der Waals surface area (Å²) < 4.78 is 13.3. The van der Waals surface area contributed by atoms with Crippen LogP contribution in [0.4, 0.5) is 15.9 Å². The van der Waals surface area contributed by atoms with Gasteiger partial charge in [-0.2, -0.15) is 0 Å². The molecule has 1 unspecified atom stereocenters. The molecule has 1 aliphatic heterocycles. The minimum atomic E-state index is -0.179. The Morgan fingerprint density at radius 1 is 1.06 bits per heavy atom. The van der Waals surface area contributed by atoms with Crippen molar-refractivity contribution in [1.82, 2.24) is 9.97 Å². The number of halogens is 1. The Labute approximate surface area is 188 Å². The van der Waals surface area contributed by atoms with Gasteiger partial charge in [0.25, 0.3) is 0 Å². The number of nitrogens with zero attached hydrogens (tertiary/aromatic N) is 4. The Bertz CT molecular complexity index is 1050. The summed E-state index contributed by atoms with van der Waals surface area (Å²) in [6.07, 6.45) is 6.83. The van der Waals surface area contributed by atoms with Gasteiger partial charge in [-0.05, 0) is 61.4 Å². The Morgan fingerprint density at radius 3 is 2.55 bits per heavy atom. The average molecular weight is 439 g/mol. The highest BCUT2D eigenvalue weighted by molar-refractivity contribution is 7.19. The molecule has 0 N–H and O–H groups in total. The van der Waals surface area contributed by atoms with Gasteiger partial charge < -0.3 is 9.80 Å². The highest BCUT2D eigenvalue weighted by Crippen LogP contribution is 2.41. The molecular weight excluding hydrogens is 407 g/mol. The second-order valence-electron chi connectivity index (χ2n) is 9.05. The number of hydrogen-bond donors (Lipinski definition) is 0. The van der Waals surface area contributed by atoms with Crippen LogP contribution in [0.3, 0.4) is 0 Å². The van der Waals surface area contributed by atoms with Crippen molar-refractivity contribution in [3.63, 3.8) is 0 Å². The first-order valence-corrected chi connectivity index (χ1v) is 12.5. The van der Waals surface area contributed by atoms with Gasteiger partial charge in [-0.3, -0.25) is 0 Å². The highest BCUT2D eigenvalue weighted by atomic mass is 32.1. The summed E-state index contributed by atoms with van der Waals surface area (Å²) in [6, 6.07) is 6.86. The molecule has 31 heavy (non-hydrogen) atoms. The van der Waals surface area contributed by atoms with E-state index in [1.165, 1.54) is 33.5 Å². The lowest BCUT2D eigenvalue weighted by atomic mass is 9.89. The zero-order chi connectivity index (χ0) is 21.4. The Morgan fingerprint density at radius 2 is 1.81 bits per heavy atom. The standard InChI is InChI=1S/C25H31FN4S/c1-3-4-5-22-27-24(23-20-11-6-17(2)16-21(20)31-25(23)28-22)30-14-12-29(13-15-30)19-9-7-18(26)8-10-19/h7-10,17H,3-6,11-16H2,1-2H3. The lowest BCUT2D eigenvalue weighted by molar-refractivity contribution is 0.509. The maximum absolute atomic E-state index is 13.3. The Balaban J connectivity index is 1.46. The van der Waals surface area contributed by atoms with Crippen LogP contribution in [0.5, 0.6) is 0 Å². The average Bonchev–Trinajstić information content (AvgIpc) is 3.15. The smallest absolute Gasteiger partial charge is 0.141 e. The van der Waals surface area contributed by atoms with Crippen molar-refractivity contribution in [2.24, 2.45) is 5.92 Å². The quantitative estimate of drug-likeness (QED) is 0.517. The summed E-state index contributed by atoms with van der Waals surface area (Å²) in [4.78, 5) is 17.7. The molecule has 1 atom stereocenters. The lowest BCUT2D eigenvalue weighted by Gasteiger charge is -2.37. The van der Waals surface area contributed by atoms with Crippen molar-refractivity contribution in [2.45, 2.75) is 52.4 Å². The van der Waals surface area contributed by atoms with Crippen LogP contribution in [0, 0.1) is 11.7 Å². The van der Waals surface area contributed by atoms with E-state index in [0.717, 1.165) is 75.1 Å². The van der Waals surface area contributed by atoms with E-state index < -0.39 is 0 Å². The summed E-state index contributed by atoms with van der Waals surface area (Å²) in [7, 11) is 0. The molecule has 1 aromatic carbocycles. The zero-order valence-corrected chi connectivity index (χ0v) is 19.3. The van der Waals surface area contributed by atoms with Crippen LogP contribution in [0.25, 0.3) is 10.2 Å². The molecular formula is C25H31FN4S. The van der Waals surface area contributed by atoms with Crippen molar-refractivity contribution in [3.05, 3.63) is 46.3 Å². The predicted molar refractivity (Wildman–Crippen MR) is 128 cm³/mol. The summed E-state index contributed by atoms with van der Waals surface area (Å²) in [6.45, 7) is 8.28. The number of rotatable bonds is 5. The van der Waals surface area contributed by atoms with Crippen LogP contribution >= 0.6 is 11.3 Å². The van der Waals surface area contributed by atoms with Crippen molar-refractivity contribution in [3.8, 4) is 0 Å². The minimum absolute atomic E-state index is 0.179. The molecule has 1 aliphatic carbocycles. The number of benzene rings is 1. The molecule has 0 spiro atoms. The van der Waals surface area contributed by atoms with Gasteiger partial charge in [0.05, 0.1) is 5.39 Å². The minimum Gasteiger partial charge on any atom is -0.368 e. The summed E-state index contributed by atoms with van der Waals surface area (Å²) >= 11 is 1.90. The van der Waals surface area contributed by atoms with Gasteiger partial charge >= 0.3 is 0 Å². The van der Waals surface area contributed by atoms with Crippen molar-refractivity contribution >= 4 is 33.1 Å². The van der Waals surface area contributed by atoms with Gasteiger partial charge in [-0.1, -0.05) is 20.3 Å². The molecule has 1 saturated heterocycles. The van der Waals surface area contributed by atoms with Crippen molar-refractivity contribution in [2.75, 3.05) is 36.0 Å². The fourth-order valence-corrected chi connectivity index (χ4v) is 6.27. The van der Waals surface area contributed by atoms with Crippen LogP contribution in [-0.2, 0) is 19.3 Å². The van der Waals surface area contributed by atoms with Gasteiger partial charge in [-0.25, -0.2) is 14.4 Å². The molecule has 0 radical (unpaired) electrons. The first-order valence-electron chi connectivity index (χ1n) is 11.7.